The Morgan fingerprint density at radius 3 is 2.63 bits per heavy atom. The number of aromatic amines is 1. The highest BCUT2D eigenvalue weighted by Gasteiger charge is 2.20. The fourth-order valence-corrected chi connectivity index (χ4v) is 4.29. The van der Waals surface area contributed by atoms with E-state index in [1.54, 1.807) is 0 Å². The minimum atomic E-state index is -0.0223. The average molecular weight is 361 g/mol. The summed E-state index contributed by atoms with van der Waals surface area (Å²) in [5, 5.41) is 4.38. The van der Waals surface area contributed by atoms with Crippen LogP contribution in [-0.2, 0) is 12.8 Å². The highest BCUT2D eigenvalue weighted by atomic mass is 16.1. The lowest BCUT2D eigenvalue weighted by molar-refractivity contribution is 0.0930. The van der Waals surface area contributed by atoms with Gasteiger partial charge in [0, 0.05) is 10.9 Å². The molecule has 1 atom stereocenters. The van der Waals surface area contributed by atoms with Crippen LogP contribution in [0.3, 0.4) is 0 Å². The van der Waals surface area contributed by atoms with E-state index in [0.717, 1.165) is 29.3 Å². The van der Waals surface area contributed by atoms with Crippen molar-refractivity contribution in [2.75, 3.05) is 0 Å². The van der Waals surface area contributed by atoms with Gasteiger partial charge in [-0.05, 0) is 80.3 Å². The van der Waals surface area contributed by atoms with Crippen LogP contribution in [0.1, 0.15) is 70.5 Å². The Labute approximate surface area is 161 Å². The van der Waals surface area contributed by atoms with Gasteiger partial charge in [0.2, 0.25) is 0 Å². The zero-order valence-corrected chi connectivity index (χ0v) is 16.5. The normalized spacial score (nSPS) is 14.8. The number of hydrogen-bond acceptors (Lipinski definition) is 1. The van der Waals surface area contributed by atoms with Crippen molar-refractivity contribution < 1.29 is 4.79 Å². The maximum atomic E-state index is 13.0. The summed E-state index contributed by atoms with van der Waals surface area (Å²) in [6.45, 7) is 6.23. The van der Waals surface area contributed by atoms with Crippen LogP contribution in [-0.4, -0.2) is 10.9 Å². The molecule has 3 heteroatoms. The topological polar surface area (TPSA) is 44.9 Å². The second-order valence-electron chi connectivity index (χ2n) is 7.84. The molecule has 3 aromatic rings. The Morgan fingerprint density at radius 1 is 1.07 bits per heavy atom. The number of aryl methyl sites for hydroxylation is 4. The van der Waals surface area contributed by atoms with Gasteiger partial charge >= 0.3 is 0 Å². The fraction of sp³-hybridized carbons (Fsp3) is 0.375. The Balaban J connectivity index is 1.60. The maximum absolute atomic E-state index is 13.0. The predicted octanol–water partition coefficient (Wildman–Crippen LogP) is 5.54. The molecule has 3 nitrogen and oxygen atoms in total. The molecule has 0 bridgehead atoms. The summed E-state index contributed by atoms with van der Waals surface area (Å²) in [5.41, 5.74) is 8.08. The third-order valence-corrected chi connectivity index (χ3v) is 5.93. The van der Waals surface area contributed by atoms with Gasteiger partial charge in [-0.15, -0.1) is 0 Å². The van der Waals surface area contributed by atoms with Crippen molar-refractivity contribution in [3.05, 3.63) is 69.9 Å². The van der Waals surface area contributed by atoms with Gasteiger partial charge in [0.05, 0.1) is 6.04 Å². The van der Waals surface area contributed by atoms with Crippen LogP contribution in [0.5, 0.6) is 0 Å². The van der Waals surface area contributed by atoms with Crippen LogP contribution in [0.2, 0.25) is 0 Å². The van der Waals surface area contributed by atoms with E-state index >= 15 is 0 Å². The first-order chi connectivity index (χ1) is 13.1. The van der Waals surface area contributed by atoms with Crippen molar-refractivity contribution in [1.29, 1.82) is 0 Å². The quantitative estimate of drug-likeness (QED) is 0.630. The number of rotatable bonds is 4. The van der Waals surface area contributed by atoms with E-state index in [9.17, 15) is 4.79 Å². The summed E-state index contributed by atoms with van der Waals surface area (Å²) in [6, 6.07) is 13.1. The standard InChI is InChI=1S/C24H28N2O/c1-4-21(19-11-10-17-7-5-6-8-18(17)14-19)26-24(27)23-16(3)20-13-15(2)9-12-22(20)25-23/h9-14,21,25H,4-8H2,1-3H3,(H,26,27). The molecule has 2 N–H and O–H groups in total. The summed E-state index contributed by atoms with van der Waals surface area (Å²) >= 11 is 0. The van der Waals surface area contributed by atoms with E-state index in [4.69, 9.17) is 0 Å². The largest absolute Gasteiger partial charge is 0.350 e. The lowest BCUT2D eigenvalue weighted by atomic mass is 9.89. The van der Waals surface area contributed by atoms with Crippen molar-refractivity contribution in [2.24, 2.45) is 0 Å². The van der Waals surface area contributed by atoms with Crippen LogP contribution in [0.25, 0.3) is 10.9 Å². The molecule has 0 fully saturated rings. The SMILES string of the molecule is CCC(NC(=O)c1[nH]c2ccc(C)cc2c1C)c1ccc2c(c1)CCCC2. The van der Waals surface area contributed by atoms with Gasteiger partial charge in [0.25, 0.3) is 5.91 Å². The Kier molecular flexibility index (Phi) is 4.77. The molecule has 0 aliphatic heterocycles. The molecule has 1 amide bonds. The molecule has 1 heterocycles. The van der Waals surface area contributed by atoms with Crippen molar-refractivity contribution in [2.45, 2.75) is 58.9 Å². The van der Waals surface area contributed by atoms with E-state index in [1.165, 1.54) is 41.5 Å². The minimum absolute atomic E-state index is 0.0223. The number of carbonyl (C=O) groups is 1. The first-order valence-corrected chi connectivity index (χ1v) is 10.1. The summed E-state index contributed by atoms with van der Waals surface area (Å²) in [6.07, 6.45) is 5.79. The van der Waals surface area contributed by atoms with Crippen LogP contribution in [0, 0.1) is 13.8 Å². The molecule has 27 heavy (non-hydrogen) atoms. The molecule has 1 aromatic heterocycles. The zero-order valence-electron chi connectivity index (χ0n) is 16.5. The van der Waals surface area contributed by atoms with Gasteiger partial charge in [-0.3, -0.25) is 4.79 Å². The molecule has 0 saturated heterocycles. The summed E-state index contributed by atoms with van der Waals surface area (Å²) in [7, 11) is 0. The highest BCUT2D eigenvalue weighted by Crippen LogP contribution is 2.27. The lowest BCUT2D eigenvalue weighted by Gasteiger charge is -2.21. The van der Waals surface area contributed by atoms with Gasteiger partial charge in [0.15, 0.2) is 0 Å². The van der Waals surface area contributed by atoms with E-state index < -0.39 is 0 Å². The van der Waals surface area contributed by atoms with E-state index in [0.29, 0.717) is 5.69 Å². The minimum Gasteiger partial charge on any atom is -0.350 e. The van der Waals surface area contributed by atoms with Gasteiger partial charge in [-0.2, -0.15) is 0 Å². The zero-order chi connectivity index (χ0) is 19.0. The average Bonchev–Trinajstić information content (AvgIpc) is 3.02. The Morgan fingerprint density at radius 2 is 1.85 bits per heavy atom. The number of aromatic nitrogens is 1. The van der Waals surface area contributed by atoms with Crippen LogP contribution >= 0.6 is 0 Å². The van der Waals surface area contributed by atoms with Crippen molar-refractivity contribution in [1.82, 2.24) is 10.3 Å². The Hall–Kier alpha value is -2.55. The van der Waals surface area contributed by atoms with Crippen LogP contribution < -0.4 is 5.32 Å². The first kappa shape index (κ1) is 17.8. The van der Waals surface area contributed by atoms with Gasteiger partial charge < -0.3 is 10.3 Å². The molecule has 0 spiro atoms. The molecular formula is C24H28N2O. The molecule has 0 radical (unpaired) electrons. The van der Waals surface area contributed by atoms with Crippen LogP contribution in [0.15, 0.2) is 36.4 Å². The lowest BCUT2D eigenvalue weighted by Crippen LogP contribution is -2.29. The molecule has 1 unspecified atom stereocenters. The highest BCUT2D eigenvalue weighted by molar-refractivity contribution is 6.01. The second kappa shape index (κ2) is 7.22. The number of carbonyl (C=O) groups excluding carboxylic acids is 1. The van der Waals surface area contributed by atoms with Gasteiger partial charge in [-0.1, -0.05) is 36.8 Å². The molecule has 0 saturated carbocycles. The van der Waals surface area contributed by atoms with Crippen molar-refractivity contribution >= 4 is 16.8 Å². The molecule has 4 rings (SSSR count). The molecule has 140 valence electrons. The molecule has 2 aromatic carbocycles. The van der Waals surface area contributed by atoms with E-state index in [1.807, 2.05) is 6.92 Å². The summed E-state index contributed by atoms with van der Waals surface area (Å²) < 4.78 is 0. The number of H-pyrrole nitrogens is 1. The molecular weight excluding hydrogens is 332 g/mol. The van der Waals surface area contributed by atoms with Crippen molar-refractivity contribution in [3.63, 3.8) is 0 Å². The number of amides is 1. The molecule has 1 aliphatic carbocycles. The third-order valence-electron chi connectivity index (χ3n) is 5.93. The third kappa shape index (κ3) is 3.39. The summed E-state index contributed by atoms with van der Waals surface area (Å²) in [5.74, 6) is -0.0223. The molecule has 1 aliphatic rings. The predicted molar refractivity (Wildman–Crippen MR) is 111 cm³/mol. The second-order valence-corrected chi connectivity index (χ2v) is 7.84. The van der Waals surface area contributed by atoms with E-state index in [-0.39, 0.29) is 11.9 Å². The number of hydrogen-bond donors (Lipinski definition) is 2. The van der Waals surface area contributed by atoms with Crippen molar-refractivity contribution in [3.8, 4) is 0 Å². The number of benzene rings is 2. The number of fused-ring (bicyclic) bond motifs is 2. The monoisotopic (exact) mass is 360 g/mol. The number of nitrogens with one attached hydrogen (secondary N) is 2. The van der Waals surface area contributed by atoms with Gasteiger partial charge in [-0.25, -0.2) is 0 Å². The first-order valence-electron chi connectivity index (χ1n) is 10.1. The van der Waals surface area contributed by atoms with Crippen LogP contribution in [0.4, 0.5) is 0 Å². The Bertz CT molecular complexity index is 999. The summed E-state index contributed by atoms with van der Waals surface area (Å²) in [4.78, 5) is 16.3. The fourth-order valence-electron chi connectivity index (χ4n) is 4.29. The van der Waals surface area contributed by atoms with E-state index in [2.05, 4.69) is 60.5 Å². The maximum Gasteiger partial charge on any atom is 0.268 e. The van der Waals surface area contributed by atoms with Gasteiger partial charge in [0.1, 0.15) is 5.69 Å². The smallest absolute Gasteiger partial charge is 0.268 e.